The molecule has 0 aliphatic heterocycles. The second-order valence-electron chi connectivity index (χ2n) is 6.26. The minimum atomic E-state index is -0.218. The van der Waals surface area contributed by atoms with Crippen molar-refractivity contribution in [2.45, 2.75) is 13.3 Å². The molecule has 0 saturated carbocycles. The Morgan fingerprint density at radius 1 is 1.33 bits per heavy atom. The molecular formula is C19H15N5O2S. The van der Waals surface area contributed by atoms with E-state index in [4.69, 9.17) is 4.42 Å². The highest BCUT2D eigenvalue weighted by Crippen LogP contribution is 2.32. The number of anilines is 1. The van der Waals surface area contributed by atoms with Gasteiger partial charge in [0.05, 0.1) is 12.1 Å². The van der Waals surface area contributed by atoms with Crippen molar-refractivity contribution in [2.75, 3.05) is 5.32 Å². The number of imidazole rings is 1. The molecule has 0 aliphatic carbocycles. The van der Waals surface area contributed by atoms with E-state index in [1.165, 1.54) is 11.3 Å². The van der Waals surface area contributed by atoms with E-state index in [1.54, 1.807) is 6.26 Å². The summed E-state index contributed by atoms with van der Waals surface area (Å²) in [5.74, 6) is -0.218. The predicted octanol–water partition coefficient (Wildman–Crippen LogP) is 4.02. The second-order valence-corrected chi connectivity index (χ2v) is 7.13. The zero-order valence-corrected chi connectivity index (χ0v) is 15.2. The molecular weight excluding hydrogens is 362 g/mol. The molecule has 0 atom stereocenters. The van der Waals surface area contributed by atoms with E-state index in [1.807, 2.05) is 53.4 Å². The lowest BCUT2D eigenvalue weighted by molar-refractivity contribution is -0.115. The lowest BCUT2D eigenvalue weighted by Gasteiger charge is -1.98. The van der Waals surface area contributed by atoms with E-state index in [9.17, 15) is 4.79 Å². The van der Waals surface area contributed by atoms with Crippen LogP contribution in [-0.2, 0) is 11.2 Å². The van der Waals surface area contributed by atoms with Gasteiger partial charge < -0.3 is 9.40 Å². The molecule has 0 aliphatic rings. The summed E-state index contributed by atoms with van der Waals surface area (Å²) in [6, 6.07) is 8.20. The number of rotatable bonds is 4. The number of hydrogen-bond donors (Lipinski definition) is 2. The van der Waals surface area contributed by atoms with Gasteiger partial charge in [0.25, 0.3) is 0 Å². The molecule has 1 amide bonds. The Balaban J connectivity index is 1.36. The first-order valence-electron chi connectivity index (χ1n) is 8.41. The zero-order valence-electron chi connectivity index (χ0n) is 14.4. The number of benzene rings is 1. The SMILES string of the molecule is Cc1[nH]c2ccccc2c1-c1coc(NC(=O)Cc2cn3ccsc3n2)n1. The Bertz CT molecular complexity index is 1250. The molecule has 7 nitrogen and oxygen atoms in total. The number of nitrogens with zero attached hydrogens (tertiary/aromatic N) is 3. The van der Waals surface area contributed by atoms with E-state index in [0.29, 0.717) is 11.4 Å². The van der Waals surface area contributed by atoms with Crippen LogP contribution in [0.4, 0.5) is 6.01 Å². The van der Waals surface area contributed by atoms with Crippen LogP contribution in [0.25, 0.3) is 27.1 Å². The molecule has 0 saturated heterocycles. The summed E-state index contributed by atoms with van der Waals surface area (Å²) >= 11 is 1.53. The fraction of sp³-hybridized carbons (Fsp3) is 0.105. The standard InChI is InChI=1S/C19H15N5O2S/c1-11-17(13-4-2-3-5-14(13)20-11)15-10-26-18(22-15)23-16(25)8-12-9-24-6-7-27-19(24)21-12/h2-7,9-10,20H,8H2,1H3,(H,22,23,25). The molecule has 0 radical (unpaired) electrons. The number of aryl methyl sites for hydroxylation is 1. The number of carbonyl (C=O) groups is 1. The third-order valence-electron chi connectivity index (χ3n) is 4.39. The molecule has 5 aromatic rings. The maximum atomic E-state index is 12.3. The average molecular weight is 377 g/mol. The number of aromatic amines is 1. The first-order valence-corrected chi connectivity index (χ1v) is 9.29. The molecule has 1 aromatic carbocycles. The van der Waals surface area contributed by atoms with Crippen molar-refractivity contribution in [2.24, 2.45) is 0 Å². The van der Waals surface area contributed by atoms with Crippen molar-refractivity contribution in [3.63, 3.8) is 0 Å². The fourth-order valence-electron chi connectivity index (χ4n) is 3.24. The van der Waals surface area contributed by atoms with E-state index < -0.39 is 0 Å². The van der Waals surface area contributed by atoms with E-state index >= 15 is 0 Å². The minimum Gasteiger partial charge on any atom is -0.431 e. The van der Waals surface area contributed by atoms with E-state index in [0.717, 1.165) is 27.1 Å². The van der Waals surface area contributed by atoms with Crippen LogP contribution in [0.3, 0.4) is 0 Å². The summed E-state index contributed by atoms with van der Waals surface area (Å²) in [7, 11) is 0. The normalized spacial score (nSPS) is 11.4. The number of aromatic nitrogens is 4. The number of fused-ring (bicyclic) bond motifs is 2. The molecule has 5 rings (SSSR count). The number of hydrogen-bond acceptors (Lipinski definition) is 5. The summed E-state index contributed by atoms with van der Waals surface area (Å²) in [6.45, 7) is 1.99. The Labute approximate surface area is 157 Å². The van der Waals surface area contributed by atoms with Crippen LogP contribution in [0, 0.1) is 6.92 Å². The summed E-state index contributed by atoms with van der Waals surface area (Å²) in [5, 5.41) is 5.72. The number of thiazole rings is 1. The van der Waals surface area contributed by atoms with Gasteiger partial charge in [0, 0.05) is 39.9 Å². The quantitative estimate of drug-likeness (QED) is 0.495. The van der Waals surface area contributed by atoms with Crippen LogP contribution < -0.4 is 5.32 Å². The second kappa shape index (κ2) is 6.10. The van der Waals surface area contributed by atoms with E-state index in [2.05, 4.69) is 20.3 Å². The Morgan fingerprint density at radius 2 is 2.22 bits per heavy atom. The number of nitrogens with one attached hydrogen (secondary N) is 2. The van der Waals surface area contributed by atoms with Gasteiger partial charge in [-0.2, -0.15) is 4.98 Å². The molecule has 8 heteroatoms. The van der Waals surface area contributed by atoms with Crippen molar-refractivity contribution in [1.82, 2.24) is 19.4 Å². The van der Waals surface area contributed by atoms with Crippen LogP contribution in [0.2, 0.25) is 0 Å². The van der Waals surface area contributed by atoms with Gasteiger partial charge in [-0.3, -0.25) is 14.5 Å². The highest BCUT2D eigenvalue weighted by molar-refractivity contribution is 7.15. The van der Waals surface area contributed by atoms with Gasteiger partial charge in [0.15, 0.2) is 4.96 Å². The summed E-state index contributed by atoms with van der Waals surface area (Å²) < 4.78 is 7.36. The molecule has 134 valence electrons. The minimum absolute atomic E-state index is 0.165. The summed E-state index contributed by atoms with van der Waals surface area (Å²) in [5.41, 5.74) is 4.41. The topological polar surface area (TPSA) is 88.2 Å². The average Bonchev–Trinajstić information content (AvgIpc) is 3.37. The first-order chi connectivity index (χ1) is 13.2. The van der Waals surface area contributed by atoms with Crippen LogP contribution in [0.5, 0.6) is 0 Å². The maximum absolute atomic E-state index is 12.3. The highest BCUT2D eigenvalue weighted by Gasteiger charge is 2.16. The van der Waals surface area contributed by atoms with Crippen molar-refractivity contribution >= 4 is 39.1 Å². The van der Waals surface area contributed by atoms with Crippen LogP contribution in [0.15, 0.2) is 52.7 Å². The summed E-state index contributed by atoms with van der Waals surface area (Å²) in [6.07, 6.45) is 5.49. The molecule has 0 spiro atoms. The van der Waals surface area contributed by atoms with Gasteiger partial charge in [-0.1, -0.05) is 18.2 Å². The van der Waals surface area contributed by atoms with Crippen molar-refractivity contribution < 1.29 is 9.21 Å². The molecule has 0 unspecified atom stereocenters. The molecule has 2 N–H and O–H groups in total. The number of carbonyl (C=O) groups excluding carboxylic acids is 1. The lowest BCUT2D eigenvalue weighted by atomic mass is 10.1. The first kappa shape index (κ1) is 15.8. The zero-order chi connectivity index (χ0) is 18.4. The number of amides is 1. The lowest BCUT2D eigenvalue weighted by Crippen LogP contribution is -2.14. The van der Waals surface area contributed by atoms with Crippen molar-refractivity contribution in [1.29, 1.82) is 0 Å². The summed E-state index contributed by atoms with van der Waals surface area (Å²) in [4.78, 5) is 25.3. The molecule has 27 heavy (non-hydrogen) atoms. The van der Waals surface area contributed by atoms with Gasteiger partial charge >= 0.3 is 6.01 Å². The van der Waals surface area contributed by atoms with Crippen LogP contribution >= 0.6 is 11.3 Å². The Kier molecular flexibility index (Phi) is 3.58. The molecule has 4 aromatic heterocycles. The fourth-order valence-corrected chi connectivity index (χ4v) is 3.96. The van der Waals surface area contributed by atoms with E-state index in [-0.39, 0.29) is 18.3 Å². The third-order valence-corrected chi connectivity index (χ3v) is 5.16. The van der Waals surface area contributed by atoms with Crippen molar-refractivity contribution in [3.05, 3.63) is 59.7 Å². The van der Waals surface area contributed by atoms with Gasteiger partial charge in [-0.25, -0.2) is 4.98 Å². The molecule has 4 heterocycles. The largest absolute Gasteiger partial charge is 0.431 e. The van der Waals surface area contributed by atoms with Gasteiger partial charge in [0.2, 0.25) is 5.91 Å². The molecule has 0 fully saturated rings. The Morgan fingerprint density at radius 3 is 3.11 bits per heavy atom. The number of oxazole rings is 1. The Hall–Kier alpha value is -3.39. The van der Waals surface area contributed by atoms with Crippen LogP contribution in [0.1, 0.15) is 11.4 Å². The van der Waals surface area contributed by atoms with Gasteiger partial charge in [-0.05, 0) is 13.0 Å². The monoisotopic (exact) mass is 377 g/mol. The number of para-hydroxylation sites is 1. The smallest absolute Gasteiger partial charge is 0.301 e. The van der Waals surface area contributed by atoms with Gasteiger partial charge in [-0.15, -0.1) is 11.3 Å². The highest BCUT2D eigenvalue weighted by atomic mass is 32.1. The van der Waals surface area contributed by atoms with Crippen molar-refractivity contribution in [3.8, 4) is 11.3 Å². The third kappa shape index (κ3) is 2.80. The molecule has 0 bridgehead atoms. The maximum Gasteiger partial charge on any atom is 0.301 e. The number of H-pyrrole nitrogens is 1. The van der Waals surface area contributed by atoms with Crippen LogP contribution in [-0.4, -0.2) is 25.3 Å². The predicted molar refractivity (Wildman–Crippen MR) is 104 cm³/mol. The van der Waals surface area contributed by atoms with Gasteiger partial charge in [0.1, 0.15) is 12.0 Å².